The molecule has 0 saturated heterocycles. The Morgan fingerprint density at radius 2 is 2.00 bits per heavy atom. The molecule has 1 unspecified atom stereocenters. The van der Waals surface area contributed by atoms with E-state index in [2.05, 4.69) is 0 Å². The zero-order valence-corrected chi connectivity index (χ0v) is 8.22. The predicted molar refractivity (Wildman–Crippen MR) is 58.7 cm³/mol. The van der Waals surface area contributed by atoms with Crippen LogP contribution in [0.4, 0.5) is 0 Å². The Labute approximate surface area is 88.8 Å². The number of hydrogen-bond acceptors (Lipinski definition) is 2. The Morgan fingerprint density at radius 3 is 2.67 bits per heavy atom. The van der Waals surface area contributed by atoms with Gasteiger partial charge in [0.2, 0.25) is 0 Å². The molecule has 1 aromatic rings. The Bertz CT molecular complexity index is 453. The largest absolute Gasteiger partial charge is 0.372 e. The SMILES string of the molecule is N#CC1(O)C=CC=C(c2ccccc2)C1. The second-order valence-electron chi connectivity index (χ2n) is 3.63. The number of allylic oxidation sites excluding steroid dienone is 2. The van der Waals surface area contributed by atoms with E-state index in [1.54, 1.807) is 6.08 Å². The number of rotatable bonds is 1. The van der Waals surface area contributed by atoms with Gasteiger partial charge in [-0.05, 0) is 17.2 Å². The van der Waals surface area contributed by atoms with Gasteiger partial charge in [0.15, 0.2) is 5.60 Å². The zero-order valence-electron chi connectivity index (χ0n) is 8.22. The summed E-state index contributed by atoms with van der Waals surface area (Å²) >= 11 is 0. The molecule has 2 heteroatoms. The lowest BCUT2D eigenvalue weighted by atomic mass is 9.87. The van der Waals surface area contributed by atoms with Crippen molar-refractivity contribution in [3.8, 4) is 6.07 Å². The summed E-state index contributed by atoms with van der Waals surface area (Å²) in [4.78, 5) is 0. The van der Waals surface area contributed by atoms with Crippen LogP contribution in [0.2, 0.25) is 0 Å². The van der Waals surface area contributed by atoms with E-state index in [0.717, 1.165) is 11.1 Å². The number of hydrogen-bond donors (Lipinski definition) is 1. The van der Waals surface area contributed by atoms with E-state index in [-0.39, 0.29) is 0 Å². The minimum absolute atomic E-state index is 0.351. The molecular weight excluding hydrogens is 186 g/mol. The van der Waals surface area contributed by atoms with E-state index in [9.17, 15) is 5.11 Å². The van der Waals surface area contributed by atoms with Crippen LogP contribution in [0.5, 0.6) is 0 Å². The molecule has 0 aliphatic heterocycles. The van der Waals surface area contributed by atoms with Gasteiger partial charge in [0.05, 0.1) is 0 Å². The first kappa shape index (κ1) is 9.70. The van der Waals surface area contributed by atoms with E-state index < -0.39 is 5.60 Å². The van der Waals surface area contributed by atoms with Crippen LogP contribution in [0.15, 0.2) is 48.6 Å². The lowest BCUT2D eigenvalue weighted by Gasteiger charge is -2.21. The van der Waals surface area contributed by atoms with Gasteiger partial charge in [0, 0.05) is 6.42 Å². The lowest BCUT2D eigenvalue weighted by molar-refractivity contribution is 0.155. The molecule has 0 saturated carbocycles. The van der Waals surface area contributed by atoms with Crippen molar-refractivity contribution in [1.29, 1.82) is 5.26 Å². The molecule has 1 atom stereocenters. The van der Waals surface area contributed by atoms with Gasteiger partial charge in [0.1, 0.15) is 6.07 Å². The molecule has 2 nitrogen and oxygen atoms in total. The highest BCUT2D eigenvalue weighted by Crippen LogP contribution is 2.29. The molecule has 1 aliphatic rings. The third-order valence-electron chi connectivity index (χ3n) is 2.47. The van der Waals surface area contributed by atoms with Crippen molar-refractivity contribution < 1.29 is 5.11 Å². The van der Waals surface area contributed by atoms with E-state index in [0.29, 0.717) is 6.42 Å². The Morgan fingerprint density at radius 1 is 1.27 bits per heavy atom. The van der Waals surface area contributed by atoms with Crippen molar-refractivity contribution in [2.45, 2.75) is 12.0 Å². The Balaban J connectivity index is 2.31. The fourth-order valence-electron chi connectivity index (χ4n) is 1.66. The van der Waals surface area contributed by atoms with E-state index in [1.807, 2.05) is 42.5 Å². The molecular formula is C13H11NO. The standard InChI is InChI=1S/C13H11NO/c14-10-13(15)8-4-7-12(9-13)11-5-2-1-3-6-11/h1-8,15H,9H2. The molecule has 0 amide bonds. The molecule has 0 aromatic heterocycles. The zero-order chi connectivity index (χ0) is 10.7. The molecule has 2 rings (SSSR count). The molecule has 1 aliphatic carbocycles. The second kappa shape index (κ2) is 3.72. The van der Waals surface area contributed by atoms with Crippen LogP contribution in [0, 0.1) is 11.3 Å². The van der Waals surface area contributed by atoms with E-state index >= 15 is 0 Å². The third kappa shape index (κ3) is 1.98. The molecule has 74 valence electrons. The quantitative estimate of drug-likeness (QED) is 0.702. The van der Waals surface area contributed by atoms with Crippen LogP contribution < -0.4 is 0 Å². The highest BCUT2D eigenvalue weighted by Gasteiger charge is 2.26. The van der Waals surface area contributed by atoms with Gasteiger partial charge >= 0.3 is 0 Å². The van der Waals surface area contributed by atoms with Crippen molar-refractivity contribution in [3.63, 3.8) is 0 Å². The number of aliphatic hydroxyl groups is 1. The number of nitrogens with zero attached hydrogens (tertiary/aromatic N) is 1. The van der Waals surface area contributed by atoms with Crippen molar-refractivity contribution in [1.82, 2.24) is 0 Å². The predicted octanol–water partition coefficient (Wildman–Crippen LogP) is 2.28. The maximum absolute atomic E-state index is 9.82. The first-order valence-electron chi connectivity index (χ1n) is 4.81. The smallest absolute Gasteiger partial charge is 0.174 e. The van der Waals surface area contributed by atoms with Crippen LogP contribution in [0.1, 0.15) is 12.0 Å². The molecule has 1 aromatic carbocycles. The minimum Gasteiger partial charge on any atom is -0.372 e. The lowest BCUT2D eigenvalue weighted by Crippen LogP contribution is -2.25. The average molecular weight is 197 g/mol. The van der Waals surface area contributed by atoms with Crippen LogP contribution in [-0.2, 0) is 0 Å². The summed E-state index contributed by atoms with van der Waals surface area (Å²) < 4.78 is 0. The minimum atomic E-state index is -1.35. The van der Waals surface area contributed by atoms with Crippen molar-refractivity contribution in [2.24, 2.45) is 0 Å². The van der Waals surface area contributed by atoms with Crippen molar-refractivity contribution >= 4 is 5.57 Å². The molecule has 1 N–H and O–H groups in total. The molecule has 0 fully saturated rings. The maximum atomic E-state index is 9.82. The highest BCUT2D eigenvalue weighted by atomic mass is 16.3. The van der Waals surface area contributed by atoms with Crippen LogP contribution >= 0.6 is 0 Å². The first-order valence-corrected chi connectivity index (χ1v) is 4.81. The first-order chi connectivity index (χ1) is 7.23. The number of benzene rings is 1. The summed E-state index contributed by atoms with van der Waals surface area (Å²) in [7, 11) is 0. The van der Waals surface area contributed by atoms with Gasteiger partial charge in [-0.2, -0.15) is 5.26 Å². The van der Waals surface area contributed by atoms with Gasteiger partial charge in [-0.15, -0.1) is 0 Å². The summed E-state index contributed by atoms with van der Waals surface area (Å²) in [5.41, 5.74) is 0.692. The monoisotopic (exact) mass is 197 g/mol. The van der Waals surface area contributed by atoms with Crippen molar-refractivity contribution in [2.75, 3.05) is 0 Å². The summed E-state index contributed by atoms with van der Waals surface area (Å²) in [6.45, 7) is 0. The van der Waals surface area contributed by atoms with Crippen LogP contribution in [0.25, 0.3) is 5.57 Å². The van der Waals surface area contributed by atoms with Gasteiger partial charge in [-0.25, -0.2) is 0 Å². The van der Waals surface area contributed by atoms with Gasteiger partial charge in [-0.1, -0.05) is 42.5 Å². The topological polar surface area (TPSA) is 44.0 Å². The summed E-state index contributed by atoms with van der Waals surface area (Å²) in [6, 6.07) is 11.7. The fourth-order valence-corrected chi connectivity index (χ4v) is 1.66. The molecule has 15 heavy (non-hydrogen) atoms. The van der Waals surface area contributed by atoms with E-state index in [4.69, 9.17) is 5.26 Å². The highest BCUT2D eigenvalue weighted by molar-refractivity contribution is 5.70. The van der Waals surface area contributed by atoms with E-state index in [1.165, 1.54) is 6.08 Å². The van der Waals surface area contributed by atoms with Gasteiger partial charge in [0.25, 0.3) is 0 Å². The van der Waals surface area contributed by atoms with Crippen LogP contribution in [-0.4, -0.2) is 10.7 Å². The summed E-state index contributed by atoms with van der Waals surface area (Å²) in [5, 5.41) is 18.7. The Hall–Kier alpha value is -1.85. The summed E-state index contributed by atoms with van der Waals surface area (Å²) in [6.07, 6.45) is 5.54. The van der Waals surface area contributed by atoms with Crippen molar-refractivity contribution in [3.05, 3.63) is 54.1 Å². The number of nitriles is 1. The van der Waals surface area contributed by atoms with Crippen LogP contribution in [0.3, 0.4) is 0 Å². The molecule has 0 bridgehead atoms. The average Bonchev–Trinajstić information content (AvgIpc) is 2.30. The van der Waals surface area contributed by atoms with Gasteiger partial charge in [-0.3, -0.25) is 0 Å². The molecule has 0 heterocycles. The molecule has 0 spiro atoms. The normalized spacial score (nSPS) is 24.4. The second-order valence-corrected chi connectivity index (χ2v) is 3.63. The Kier molecular flexibility index (Phi) is 2.40. The van der Waals surface area contributed by atoms with Gasteiger partial charge < -0.3 is 5.11 Å². The maximum Gasteiger partial charge on any atom is 0.174 e. The molecule has 0 radical (unpaired) electrons. The fraction of sp³-hybridized carbons (Fsp3) is 0.154. The summed E-state index contributed by atoms with van der Waals surface area (Å²) in [5.74, 6) is 0. The third-order valence-corrected chi connectivity index (χ3v) is 2.47.